The Morgan fingerprint density at radius 3 is 1.76 bits per heavy atom. The first-order chi connectivity index (χ1) is 20.8. The van der Waals surface area contributed by atoms with Crippen molar-refractivity contribution in [2.24, 2.45) is 0 Å². The van der Waals surface area contributed by atoms with Gasteiger partial charge >= 0.3 is 0 Å². The molecule has 0 bridgehead atoms. The molecule has 0 aliphatic carbocycles. The molecule has 2 heteroatoms. The number of hydrogen-bond donors (Lipinski definition) is 0. The van der Waals surface area contributed by atoms with E-state index in [4.69, 9.17) is 4.42 Å². The Kier molecular flexibility index (Phi) is 4.93. The zero-order valence-corrected chi connectivity index (χ0v) is 22.8. The first-order valence-corrected chi connectivity index (χ1v) is 14.4. The van der Waals surface area contributed by atoms with Gasteiger partial charge in [-0.05, 0) is 74.1 Å². The van der Waals surface area contributed by atoms with Gasteiger partial charge in [-0.15, -0.1) is 0 Å². The Balaban J connectivity index is 1.34. The standard InChI is InChI=1S/C40H25NO/c1-2-12-29(13-3-1)41(30-21-22-35-38(25-30)42-37-23-20-27-11-5-7-15-32(27)40(35)37)36-24-28-19-18-26-10-4-6-14-31(26)39(28)34-17-9-8-16-33(34)36/h1-25H. The number of hydrogen-bond acceptors (Lipinski definition) is 2. The van der Waals surface area contributed by atoms with E-state index in [1.54, 1.807) is 0 Å². The Morgan fingerprint density at radius 2 is 0.976 bits per heavy atom. The van der Waals surface area contributed by atoms with Gasteiger partial charge in [-0.25, -0.2) is 0 Å². The van der Waals surface area contributed by atoms with Crippen molar-refractivity contribution in [1.82, 2.24) is 0 Å². The topological polar surface area (TPSA) is 16.4 Å². The van der Waals surface area contributed by atoms with E-state index in [1.807, 2.05) is 0 Å². The van der Waals surface area contributed by atoms with Crippen LogP contribution in [0.5, 0.6) is 0 Å². The maximum Gasteiger partial charge on any atom is 0.137 e. The zero-order valence-electron chi connectivity index (χ0n) is 22.8. The molecular weight excluding hydrogens is 510 g/mol. The summed E-state index contributed by atoms with van der Waals surface area (Å²) < 4.78 is 6.50. The smallest absolute Gasteiger partial charge is 0.137 e. The molecule has 2 nitrogen and oxygen atoms in total. The van der Waals surface area contributed by atoms with Crippen LogP contribution in [0.2, 0.25) is 0 Å². The maximum atomic E-state index is 6.50. The molecule has 0 saturated carbocycles. The van der Waals surface area contributed by atoms with Crippen LogP contribution in [-0.4, -0.2) is 0 Å². The van der Waals surface area contributed by atoms with Crippen LogP contribution in [0.4, 0.5) is 17.1 Å². The van der Waals surface area contributed by atoms with E-state index in [0.717, 1.165) is 33.6 Å². The molecule has 0 saturated heterocycles. The minimum Gasteiger partial charge on any atom is -0.456 e. The van der Waals surface area contributed by atoms with E-state index in [1.165, 1.54) is 48.5 Å². The Labute approximate surface area is 242 Å². The number of rotatable bonds is 3. The van der Waals surface area contributed by atoms with Crippen LogP contribution >= 0.6 is 0 Å². The van der Waals surface area contributed by atoms with E-state index in [2.05, 4.69) is 157 Å². The second-order valence-corrected chi connectivity index (χ2v) is 10.9. The zero-order chi connectivity index (χ0) is 27.6. The first kappa shape index (κ1) is 23.1. The molecule has 0 unspecified atom stereocenters. The highest BCUT2D eigenvalue weighted by atomic mass is 16.3. The normalized spacial score (nSPS) is 11.8. The van der Waals surface area contributed by atoms with Gasteiger partial charge in [-0.2, -0.15) is 0 Å². The molecule has 0 amide bonds. The van der Waals surface area contributed by atoms with Crippen molar-refractivity contribution in [1.29, 1.82) is 0 Å². The third kappa shape index (κ3) is 3.39. The predicted octanol–water partition coefficient (Wildman–Crippen LogP) is 11.7. The van der Waals surface area contributed by atoms with E-state index < -0.39 is 0 Å². The molecule has 196 valence electrons. The number of benzene rings is 8. The molecule has 0 atom stereocenters. The summed E-state index contributed by atoms with van der Waals surface area (Å²) in [5.74, 6) is 0. The summed E-state index contributed by atoms with van der Waals surface area (Å²) in [4.78, 5) is 2.36. The third-order valence-electron chi connectivity index (χ3n) is 8.58. The summed E-state index contributed by atoms with van der Waals surface area (Å²) in [6.07, 6.45) is 0. The van der Waals surface area contributed by atoms with Crippen LogP contribution in [0.1, 0.15) is 0 Å². The van der Waals surface area contributed by atoms with Crippen molar-refractivity contribution in [3.05, 3.63) is 152 Å². The molecule has 1 aromatic heterocycles. The van der Waals surface area contributed by atoms with Crippen LogP contribution in [0, 0.1) is 0 Å². The lowest BCUT2D eigenvalue weighted by Crippen LogP contribution is -2.10. The molecule has 0 N–H and O–H groups in total. The SMILES string of the molecule is c1ccc(N(c2ccc3c(c2)oc2ccc4ccccc4c23)c2cc3ccc4ccccc4c3c3ccccc23)cc1. The fourth-order valence-corrected chi connectivity index (χ4v) is 6.72. The minimum atomic E-state index is 0.885. The van der Waals surface area contributed by atoms with Gasteiger partial charge in [0, 0.05) is 33.6 Å². The van der Waals surface area contributed by atoms with Gasteiger partial charge in [0.15, 0.2) is 0 Å². The van der Waals surface area contributed by atoms with Crippen molar-refractivity contribution in [3.8, 4) is 0 Å². The quantitative estimate of drug-likeness (QED) is 0.209. The highest BCUT2D eigenvalue weighted by Gasteiger charge is 2.20. The summed E-state index contributed by atoms with van der Waals surface area (Å²) in [6.45, 7) is 0. The molecule has 0 aliphatic heterocycles. The van der Waals surface area contributed by atoms with E-state index >= 15 is 0 Å². The first-order valence-electron chi connectivity index (χ1n) is 14.4. The van der Waals surface area contributed by atoms with E-state index in [0.29, 0.717) is 0 Å². The van der Waals surface area contributed by atoms with Gasteiger partial charge in [0.1, 0.15) is 11.2 Å². The van der Waals surface area contributed by atoms with Crippen molar-refractivity contribution in [2.75, 3.05) is 4.90 Å². The molecule has 42 heavy (non-hydrogen) atoms. The summed E-state index contributed by atoms with van der Waals surface area (Å²) in [7, 11) is 0. The molecule has 0 radical (unpaired) electrons. The summed E-state index contributed by atoms with van der Waals surface area (Å²) in [5.41, 5.74) is 5.09. The number of anilines is 3. The van der Waals surface area contributed by atoms with Crippen LogP contribution in [-0.2, 0) is 0 Å². The summed E-state index contributed by atoms with van der Waals surface area (Å²) in [5, 5.41) is 12.2. The highest BCUT2D eigenvalue weighted by Crippen LogP contribution is 2.45. The third-order valence-corrected chi connectivity index (χ3v) is 8.58. The number of furan rings is 1. The van der Waals surface area contributed by atoms with Crippen LogP contribution < -0.4 is 4.90 Å². The second-order valence-electron chi connectivity index (χ2n) is 10.9. The molecule has 0 fully saturated rings. The Morgan fingerprint density at radius 1 is 0.357 bits per heavy atom. The molecule has 0 spiro atoms. The molecular formula is C40H25NO. The minimum absolute atomic E-state index is 0.885. The highest BCUT2D eigenvalue weighted by molar-refractivity contribution is 6.24. The van der Waals surface area contributed by atoms with Crippen LogP contribution in [0.15, 0.2) is 156 Å². The molecule has 9 aromatic rings. The van der Waals surface area contributed by atoms with Gasteiger partial charge in [0.2, 0.25) is 0 Å². The van der Waals surface area contributed by atoms with Crippen molar-refractivity contribution < 1.29 is 4.42 Å². The molecule has 0 aliphatic rings. The monoisotopic (exact) mass is 535 g/mol. The average molecular weight is 536 g/mol. The van der Waals surface area contributed by atoms with Crippen LogP contribution in [0.3, 0.4) is 0 Å². The summed E-state index contributed by atoms with van der Waals surface area (Å²) >= 11 is 0. The van der Waals surface area contributed by atoms with Gasteiger partial charge in [0.05, 0.1) is 5.69 Å². The molecule has 9 rings (SSSR count). The fraction of sp³-hybridized carbons (Fsp3) is 0. The van der Waals surface area contributed by atoms with E-state index in [9.17, 15) is 0 Å². The van der Waals surface area contributed by atoms with Gasteiger partial charge < -0.3 is 9.32 Å². The number of nitrogens with zero attached hydrogens (tertiary/aromatic N) is 1. The van der Waals surface area contributed by atoms with Gasteiger partial charge in [-0.3, -0.25) is 0 Å². The predicted molar refractivity (Wildman–Crippen MR) is 178 cm³/mol. The number of para-hydroxylation sites is 1. The lowest BCUT2D eigenvalue weighted by Gasteiger charge is -2.27. The summed E-state index contributed by atoms with van der Waals surface area (Å²) in [6, 6.07) is 54.3. The second kappa shape index (κ2) is 8.95. The largest absolute Gasteiger partial charge is 0.456 e. The van der Waals surface area contributed by atoms with E-state index in [-0.39, 0.29) is 0 Å². The number of fused-ring (bicyclic) bond motifs is 10. The van der Waals surface area contributed by atoms with Crippen molar-refractivity contribution >= 4 is 82.1 Å². The Bertz CT molecular complexity index is 2470. The van der Waals surface area contributed by atoms with Gasteiger partial charge in [-0.1, -0.05) is 109 Å². The van der Waals surface area contributed by atoms with Gasteiger partial charge in [0.25, 0.3) is 0 Å². The average Bonchev–Trinajstić information content (AvgIpc) is 3.44. The van der Waals surface area contributed by atoms with Crippen LogP contribution in [0.25, 0.3) is 65.0 Å². The Hall–Kier alpha value is -5.60. The van der Waals surface area contributed by atoms with Crippen molar-refractivity contribution in [3.63, 3.8) is 0 Å². The lowest BCUT2D eigenvalue weighted by molar-refractivity contribution is 0.669. The molecule has 8 aromatic carbocycles. The maximum absolute atomic E-state index is 6.50. The fourth-order valence-electron chi connectivity index (χ4n) is 6.72. The van der Waals surface area contributed by atoms with Crippen molar-refractivity contribution in [2.45, 2.75) is 0 Å². The lowest BCUT2D eigenvalue weighted by atomic mass is 9.94. The molecule has 1 heterocycles.